The monoisotopic (exact) mass is 275 g/mol. The smallest absolute Gasteiger partial charge is 0.174 e. The van der Waals surface area contributed by atoms with Crippen molar-refractivity contribution in [3.05, 3.63) is 35.4 Å². The Balaban J connectivity index is 2.18. The summed E-state index contributed by atoms with van der Waals surface area (Å²) in [6.07, 6.45) is -0.107. The molecule has 0 amide bonds. The van der Waals surface area contributed by atoms with E-state index in [2.05, 4.69) is 70.7 Å². The van der Waals surface area contributed by atoms with Crippen molar-refractivity contribution in [1.29, 1.82) is 0 Å². The molecule has 110 valence electrons. The molecule has 3 heteroatoms. The van der Waals surface area contributed by atoms with Gasteiger partial charge in [-0.15, -0.1) is 0 Å². The highest BCUT2D eigenvalue weighted by molar-refractivity contribution is 5.37. The van der Waals surface area contributed by atoms with Crippen molar-refractivity contribution in [2.45, 2.75) is 65.5 Å². The summed E-state index contributed by atoms with van der Waals surface area (Å²) < 4.78 is 0. The van der Waals surface area contributed by atoms with Crippen molar-refractivity contribution in [3.8, 4) is 0 Å². The largest absolute Gasteiger partial charge is 0.238 e. The fourth-order valence-corrected chi connectivity index (χ4v) is 3.55. The van der Waals surface area contributed by atoms with Gasteiger partial charge in [-0.2, -0.15) is 0 Å². The van der Waals surface area contributed by atoms with E-state index in [0.29, 0.717) is 5.92 Å². The van der Waals surface area contributed by atoms with E-state index in [1.54, 1.807) is 0 Å². The molecule has 1 aromatic carbocycles. The summed E-state index contributed by atoms with van der Waals surface area (Å²) in [6.45, 7) is 13.5. The predicted octanol–water partition coefficient (Wildman–Crippen LogP) is 4.22. The van der Waals surface area contributed by atoms with Crippen LogP contribution in [0.2, 0.25) is 0 Å². The molecular formula is C17H25NO2. The predicted molar refractivity (Wildman–Crippen MR) is 78.9 cm³/mol. The number of fused-ring (bicyclic) bond motifs is 4. The van der Waals surface area contributed by atoms with Gasteiger partial charge in [0.15, 0.2) is 12.5 Å². The van der Waals surface area contributed by atoms with Crippen LogP contribution in [0.1, 0.15) is 64.8 Å². The minimum Gasteiger partial charge on any atom is -0.238 e. The van der Waals surface area contributed by atoms with Crippen molar-refractivity contribution in [3.63, 3.8) is 0 Å². The van der Waals surface area contributed by atoms with Crippen molar-refractivity contribution < 1.29 is 9.78 Å². The number of hydrogen-bond acceptors (Lipinski definition) is 3. The fraction of sp³-hybridized carbons (Fsp3) is 0.647. The van der Waals surface area contributed by atoms with Crippen LogP contribution in [0.25, 0.3) is 0 Å². The first-order chi connectivity index (χ1) is 9.21. The molecule has 1 fully saturated rings. The molecule has 2 heterocycles. The molecule has 2 aliphatic heterocycles. The Morgan fingerprint density at radius 3 is 2.05 bits per heavy atom. The molecule has 3 nitrogen and oxygen atoms in total. The fourth-order valence-electron chi connectivity index (χ4n) is 3.55. The summed E-state index contributed by atoms with van der Waals surface area (Å²) in [5.74, 6) is 0.302. The van der Waals surface area contributed by atoms with Crippen LogP contribution in [0, 0.1) is 5.41 Å². The first-order valence-corrected chi connectivity index (χ1v) is 7.40. The second kappa shape index (κ2) is 4.30. The van der Waals surface area contributed by atoms with Crippen LogP contribution < -0.4 is 0 Å². The SMILES string of the molecule is CC(C)(C)C1c2ccccc2[C@@H]2OO[C@H]1N2C(C)(C)C. The van der Waals surface area contributed by atoms with Gasteiger partial charge in [-0.25, -0.2) is 14.7 Å². The molecule has 0 aromatic heterocycles. The van der Waals surface area contributed by atoms with Gasteiger partial charge in [-0.1, -0.05) is 45.0 Å². The molecule has 0 N–H and O–H groups in total. The summed E-state index contributed by atoms with van der Waals surface area (Å²) in [6, 6.07) is 8.59. The molecule has 0 saturated carbocycles. The normalized spacial score (nSPS) is 30.4. The highest BCUT2D eigenvalue weighted by Crippen LogP contribution is 2.54. The van der Waals surface area contributed by atoms with Crippen LogP contribution in [-0.2, 0) is 9.78 Å². The molecule has 2 aliphatic rings. The van der Waals surface area contributed by atoms with Crippen molar-refractivity contribution in [2.75, 3.05) is 0 Å². The molecule has 1 saturated heterocycles. The summed E-state index contributed by atoms with van der Waals surface area (Å²) in [7, 11) is 0. The average Bonchev–Trinajstić information content (AvgIpc) is 2.66. The summed E-state index contributed by atoms with van der Waals surface area (Å²) in [5, 5.41) is 0. The minimum atomic E-state index is -0.0881. The lowest BCUT2D eigenvalue weighted by atomic mass is 9.71. The Kier molecular flexibility index (Phi) is 3.02. The highest BCUT2D eigenvalue weighted by Gasteiger charge is 2.55. The van der Waals surface area contributed by atoms with Gasteiger partial charge in [0.1, 0.15) is 0 Å². The van der Waals surface area contributed by atoms with Gasteiger partial charge in [-0.3, -0.25) is 0 Å². The van der Waals surface area contributed by atoms with Gasteiger partial charge >= 0.3 is 0 Å². The van der Waals surface area contributed by atoms with Crippen LogP contribution in [0.5, 0.6) is 0 Å². The van der Waals surface area contributed by atoms with E-state index < -0.39 is 0 Å². The third-order valence-electron chi connectivity index (χ3n) is 4.36. The van der Waals surface area contributed by atoms with E-state index in [0.717, 1.165) is 0 Å². The second-order valence-electron chi connectivity index (χ2n) is 7.99. The Labute approximate surface area is 121 Å². The van der Waals surface area contributed by atoms with Crippen molar-refractivity contribution in [1.82, 2.24) is 4.90 Å². The Hall–Kier alpha value is -0.900. The average molecular weight is 275 g/mol. The number of rotatable bonds is 0. The first-order valence-electron chi connectivity index (χ1n) is 7.40. The van der Waals surface area contributed by atoms with Gasteiger partial charge in [0.2, 0.25) is 0 Å². The van der Waals surface area contributed by atoms with E-state index in [-0.39, 0.29) is 23.4 Å². The second-order valence-corrected chi connectivity index (χ2v) is 7.99. The lowest BCUT2D eigenvalue weighted by Crippen LogP contribution is -2.53. The van der Waals surface area contributed by atoms with Gasteiger partial charge in [0, 0.05) is 17.0 Å². The molecule has 0 aliphatic carbocycles. The minimum absolute atomic E-state index is 0.00284. The van der Waals surface area contributed by atoms with Crippen molar-refractivity contribution in [2.24, 2.45) is 5.41 Å². The van der Waals surface area contributed by atoms with Gasteiger partial charge in [0.05, 0.1) is 0 Å². The molecule has 1 unspecified atom stereocenters. The van der Waals surface area contributed by atoms with E-state index in [1.807, 2.05) is 0 Å². The highest BCUT2D eigenvalue weighted by atomic mass is 17.2. The lowest BCUT2D eigenvalue weighted by Gasteiger charge is -2.47. The zero-order valence-electron chi connectivity index (χ0n) is 13.3. The zero-order valence-corrected chi connectivity index (χ0v) is 13.3. The zero-order chi connectivity index (χ0) is 14.7. The molecule has 20 heavy (non-hydrogen) atoms. The molecule has 2 bridgehead atoms. The Morgan fingerprint density at radius 2 is 1.50 bits per heavy atom. The Bertz CT molecular complexity index is 512. The van der Waals surface area contributed by atoms with Crippen LogP contribution >= 0.6 is 0 Å². The molecule has 3 atom stereocenters. The first kappa shape index (κ1) is 14.1. The van der Waals surface area contributed by atoms with Crippen LogP contribution in [0.15, 0.2) is 24.3 Å². The van der Waals surface area contributed by atoms with E-state index in [9.17, 15) is 0 Å². The maximum atomic E-state index is 5.76. The van der Waals surface area contributed by atoms with Crippen molar-refractivity contribution >= 4 is 0 Å². The molecule has 0 spiro atoms. The van der Waals surface area contributed by atoms with E-state index in [4.69, 9.17) is 9.78 Å². The summed E-state index contributed by atoms with van der Waals surface area (Å²) >= 11 is 0. The topological polar surface area (TPSA) is 21.7 Å². The van der Waals surface area contributed by atoms with E-state index in [1.165, 1.54) is 11.1 Å². The maximum absolute atomic E-state index is 5.76. The van der Waals surface area contributed by atoms with Gasteiger partial charge < -0.3 is 0 Å². The van der Waals surface area contributed by atoms with Crippen LogP contribution in [-0.4, -0.2) is 16.7 Å². The van der Waals surface area contributed by atoms with Gasteiger partial charge in [-0.05, 0) is 31.7 Å². The molecule has 3 rings (SSSR count). The maximum Gasteiger partial charge on any atom is 0.174 e. The standard InChI is InChI=1S/C17H25NO2/c1-16(2,3)13-11-9-7-8-10-12(11)14-18(17(4,5)6)15(13)20-19-14/h7-10,13-15H,1-6H3/t13?,14-,15+/m0/s1. The molecule has 1 aromatic rings. The van der Waals surface area contributed by atoms with E-state index >= 15 is 0 Å². The molecule has 0 radical (unpaired) electrons. The molecular weight excluding hydrogens is 250 g/mol. The third-order valence-corrected chi connectivity index (χ3v) is 4.36. The van der Waals surface area contributed by atoms with Crippen LogP contribution in [0.3, 0.4) is 0 Å². The van der Waals surface area contributed by atoms with Crippen LogP contribution in [0.4, 0.5) is 0 Å². The number of nitrogens with zero attached hydrogens (tertiary/aromatic N) is 1. The third kappa shape index (κ3) is 2.00. The summed E-state index contributed by atoms with van der Waals surface area (Å²) in [4.78, 5) is 13.8. The Morgan fingerprint density at radius 1 is 0.900 bits per heavy atom. The lowest BCUT2D eigenvalue weighted by molar-refractivity contribution is -0.300. The summed E-state index contributed by atoms with van der Waals surface area (Å²) in [5.41, 5.74) is 2.73. The number of hydrogen-bond donors (Lipinski definition) is 0. The quantitative estimate of drug-likeness (QED) is 0.662. The number of benzene rings is 1. The van der Waals surface area contributed by atoms with Gasteiger partial charge in [0.25, 0.3) is 0 Å².